The van der Waals surface area contributed by atoms with Gasteiger partial charge in [0.15, 0.2) is 17.1 Å². The summed E-state index contributed by atoms with van der Waals surface area (Å²) < 4.78 is 28.2. The second kappa shape index (κ2) is 9.11. The number of fused-ring (bicyclic) bond motifs is 3. The van der Waals surface area contributed by atoms with Gasteiger partial charge in [0.05, 0.1) is 26.9 Å². The molecule has 0 amide bonds. The topological polar surface area (TPSA) is 71.6 Å². The van der Waals surface area contributed by atoms with Crippen molar-refractivity contribution in [3.05, 3.63) is 82.2 Å². The lowest BCUT2D eigenvalue weighted by molar-refractivity contribution is -0.945. The average Bonchev–Trinajstić information content (AvgIpc) is 2.88. The summed E-state index contributed by atoms with van der Waals surface area (Å²) in [7, 11) is 4.79. The molecule has 4 aromatic rings. The Labute approximate surface area is 197 Å². The van der Waals surface area contributed by atoms with Crippen molar-refractivity contribution in [1.29, 1.82) is 0 Å². The molecular formula is C27H26NO6+. The van der Waals surface area contributed by atoms with Crippen LogP contribution in [0.5, 0.6) is 23.0 Å². The first-order valence-corrected chi connectivity index (χ1v) is 11.0. The number of hydrogen-bond acceptors (Lipinski definition) is 6. The summed E-state index contributed by atoms with van der Waals surface area (Å²) in [6.45, 7) is 1.79. The standard InChI is InChI=1S/C27H25NO6/c1-30-23-11-17(12-24(31-2)27(23)32-3)14-28-15-21-22(33-16-28)10-9-19-20(13-25(29)34-26(19)21)18-7-5-4-6-8-18/h4-13H,14-16H2,1-3H3/p+1. The zero-order chi connectivity index (χ0) is 23.7. The zero-order valence-electron chi connectivity index (χ0n) is 19.3. The van der Waals surface area contributed by atoms with Gasteiger partial charge in [0.1, 0.15) is 18.8 Å². The lowest BCUT2D eigenvalue weighted by Crippen LogP contribution is -3.10. The fourth-order valence-corrected chi connectivity index (χ4v) is 4.54. The molecule has 174 valence electrons. The number of quaternary nitrogens is 1. The van der Waals surface area contributed by atoms with Crippen LogP contribution < -0.4 is 29.5 Å². The summed E-state index contributed by atoms with van der Waals surface area (Å²) in [4.78, 5) is 13.6. The highest BCUT2D eigenvalue weighted by molar-refractivity contribution is 5.95. The Morgan fingerprint density at radius 2 is 1.65 bits per heavy atom. The van der Waals surface area contributed by atoms with Crippen LogP contribution in [0.4, 0.5) is 0 Å². The predicted octanol–water partition coefficient (Wildman–Crippen LogP) is 3.42. The largest absolute Gasteiger partial charge is 0.493 e. The Hall–Kier alpha value is -3.97. The molecule has 5 rings (SSSR count). The van der Waals surface area contributed by atoms with E-state index < -0.39 is 0 Å². The fraction of sp³-hybridized carbons (Fsp3) is 0.222. The number of benzene rings is 3. The quantitative estimate of drug-likeness (QED) is 0.445. The van der Waals surface area contributed by atoms with E-state index in [2.05, 4.69) is 0 Å². The minimum absolute atomic E-state index is 0.378. The molecule has 0 radical (unpaired) electrons. The van der Waals surface area contributed by atoms with Gasteiger partial charge in [0.25, 0.3) is 0 Å². The highest BCUT2D eigenvalue weighted by atomic mass is 16.5. The summed E-state index contributed by atoms with van der Waals surface area (Å²) in [6.07, 6.45) is 0. The molecule has 7 nitrogen and oxygen atoms in total. The van der Waals surface area contributed by atoms with E-state index in [0.29, 0.717) is 42.7 Å². The van der Waals surface area contributed by atoms with Gasteiger partial charge in [-0.05, 0) is 35.4 Å². The molecule has 3 aromatic carbocycles. The molecule has 0 spiro atoms. The van der Waals surface area contributed by atoms with E-state index in [1.165, 1.54) is 0 Å². The molecular weight excluding hydrogens is 434 g/mol. The van der Waals surface area contributed by atoms with E-state index in [4.69, 9.17) is 23.4 Å². The van der Waals surface area contributed by atoms with Gasteiger partial charge in [-0.15, -0.1) is 0 Å². The van der Waals surface area contributed by atoms with E-state index in [0.717, 1.165) is 38.3 Å². The van der Waals surface area contributed by atoms with E-state index >= 15 is 0 Å². The van der Waals surface area contributed by atoms with Crippen LogP contribution >= 0.6 is 0 Å². The maximum atomic E-state index is 12.5. The number of nitrogens with one attached hydrogen (secondary N) is 1. The third-order valence-electron chi connectivity index (χ3n) is 6.09. The summed E-state index contributed by atoms with van der Waals surface area (Å²) in [5, 5.41) is 0.891. The van der Waals surface area contributed by atoms with Crippen molar-refractivity contribution < 1.29 is 28.3 Å². The van der Waals surface area contributed by atoms with Gasteiger partial charge in [0.2, 0.25) is 12.5 Å². The number of hydrogen-bond donors (Lipinski definition) is 1. The van der Waals surface area contributed by atoms with Gasteiger partial charge in [0, 0.05) is 17.0 Å². The van der Waals surface area contributed by atoms with Gasteiger partial charge in [-0.25, -0.2) is 4.79 Å². The minimum atomic E-state index is -0.378. The van der Waals surface area contributed by atoms with E-state index in [1.54, 1.807) is 27.4 Å². The molecule has 0 fully saturated rings. The van der Waals surface area contributed by atoms with Crippen LogP contribution in [-0.4, -0.2) is 28.1 Å². The second-order valence-electron chi connectivity index (χ2n) is 8.19. The fourth-order valence-electron chi connectivity index (χ4n) is 4.54. The van der Waals surface area contributed by atoms with Gasteiger partial charge >= 0.3 is 5.63 Å². The molecule has 1 N–H and O–H groups in total. The Kier molecular flexibility index (Phi) is 5.86. The lowest BCUT2D eigenvalue weighted by Gasteiger charge is -2.27. The summed E-state index contributed by atoms with van der Waals surface area (Å²) in [6, 6.07) is 19.2. The number of rotatable bonds is 6. The normalized spacial score (nSPS) is 14.9. The van der Waals surface area contributed by atoms with E-state index in [9.17, 15) is 4.79 Å². The summed E-state index contributed by atoms with van der Waals surface area (Å²) in [5.41, 5.74) is 3.93. The van der Waals surface area contributed by atoms with Crippen molar-refractivity contribution in [3.63, 3.8) is 0 Å². The third kappa shape index (κ3) is 3.95. The van der Waals surface area contributed by atoms with Crippen molar-refractivity contribution in [2.45, 2.75) is 13.1 Å². The summed E-state index contributed by atoms with van der Waals surface area (Å²) >= 11 is 0. The molecule has 1 unspecified atom stereocenters. The molecule has 1 atom stereocenters. The van der Waals surface area contributed by atoms with Crippen LogP contribution in [-0.2, 0) is 13.1 Å². The van der Waals surface area contributed by atoms with Crippen molar-refractivity contribution >= 4 is 11.0 Å². The van der Waals surface area contributed by atoms with Crippen LogP contribution in [0, 0.1) is 0 Å². The maximum absolute atomic E-state index is 12.5. The first kappa shape index (κ1) is 21.9. The molecule has 1 aliphatic rings. The highest BCUT2D eigenvalue weighted by Gasteiger charge is 2.26. The molecule has 34 heavy (non-hydrogen) atoms. The SMILES string of the molecule is COc1cc(C[NH+]2COc3ccc4c(-c5ccccc5)cc(=O)oc4c3C2)cc(OC)c1OC. The number of methoxy groups -OCH3 is 3. The molecule has 1 aromatic heterocycles. The Morgan fingerprint density at radius 1 is 0.912 bits per heavy atom. The van der Waals surface area contributed by atoms with Gasteiger partial charge < -0.3 is 23.4 Å². The summed E-state index contributed by atoms with van der Waals surface area (Å²) in [5.74, 6) is 2.52. The molecule has 2 heterocycles. The average molecular weight is 461 g/mol. The van der Waals surface area contributed by atoms with Crippen LogP contribution in [0.3, 0.4) is 0 Å². The van der Waals surface area contributed by atoms with Gasteiger partial charge in [-0.2, -0.15) is 0 Å². The van der Waals surface area contributed by atoms with Crippen LogP contribution in [0.1, 0.15) is 11.1 Å². The van der Waals surface area contributed by atoms with E-state index in [1.807, 2.05) is 54.6 Å². The lowest BCUT2D eigenvalue weighted by atomic mass is 9.99. The molecule has 7 heteroatoms. The first-order chi connectivity index (χ1) is 16.6. The molecule has 0 aliphatic carbocycles. The Morgan fingerprint density at radius 3 is 2.32 bits per heavy atom. The van der Waals surface area contributed by atoms with Crippen LogP contribution in [0.2, 0.25) is 0 Å². The van der Waals surface area contributed by atoms with Gasteiger partial charge in [-0.1, -0.05) is 30.3 Å². The second-order valence-corrected chi connectivity index (χ2v) is 8.19. The predicted molar refractivity (Wildman–Crippen MR) is 128 cm³/mol. The third-order valence-corrected chi connectivity index (χ3v) is 6.09. The smallest absolute Gasteiger partial charge is 0.336 e. The van der Waals surface area contributed by atoms with Crippen molar-refractivity contribution in [3.8, 4) is 34.1 Å². The van der Waals surface area contributed by atoms with Crippen molar-refractivity contribution in [1.82, 2.24) is 0 Å². The van der Waals surface area contributed by atoms with Gasteiger partial charge in [-0.3, -0.25) is 4.90 Å². The molecule has 0 saturated carbocycles. The molecule has 1 aliphatic heterocycles. The highest BCUT2D eigenvalue weighted by Crippen LogP contribution is 2.38. The van der Waals surface area contributed by atoms with Crippen molar-refractivity contribution in [2.75, 3.05) is 28.1 Å². The monoisotopic (exact) mass is 460 g/mol. The van der Waals surface area contributed by atoms with Crippen LogP contribution in [0.15, 0.2) is 69.9 Å². The Bertz CT molecular complexity index is 1370. The van der Waals surface area contributed by atoms with Crippen molar-refractivity contribution in [2.24, 2.45) is 0 Å². The first-order valence-electron chi connectivity index (χ1n) is 11.0. The molecule has 0 bridgehead atoms. The number of ether oxygens (including phenoxy) is 4. The minimum Gasteiger partial charge on any atom is -0.493 e. The zero-order valence-corrected chi connectivity index (χ0v) is 19.3. The molecule has 0 saturated heterocycles. The Balaban J connectivity index is 1.52. The van der Waals surface area contributed by atoms with Crippen LogP contribution in [0.25, 0.3) is 22.1 Å². The maximum Gasteiger partial charge on any atom is 0.336 e. The van der Waals surface area contributed by atoms with E-state index in [-0.39, 0.29) is 5.63 Å².